The summed E-state index contributed by atoms with van der Waals surface area (Å²) < 4.78 is 1.92. The summed E-state index contributed by atoms with van der Waals surface area (Å²) in [6.45, 7) is 0. The molecular formula is C10H13N5O. The van der Waals surface area contributed by atoms with Crippen LogP contribution in [0.15, 0.2) is 24.5 Å². The summed E-state index contributed by atoms with van der Waals surface area (Å²) in [4.78, 5) is 17.0. The van der Waals surface area contributed by atoms with E-state index in [1.165, 1.54) is 4.90 Å². The third kappa shape index (κ3) is 1.59. The van der Waals surface area contributed by atoms with Gasteiger partial charge in [0, 0.05) is 19.8 Å². The highest BCUT2D eigenvalue weighted by atomic mass is 16.2. The highest BCUT2D eigenvalue weighted by molar-refractivity contribution is 5.93. The number of aromatic nitrogens is 2. The van der Waals surface area contributed by atoms with Crippen LogP contribution >= 0.6 is 0 Å². The standard InChI is InChI=1S/C10H13N5O/c1-14-6-12-8-5-7(3-4-9(8)14)15(2)10(16)13-11/h3-6H,11H2,1-2H3,(H,13,16). The summed E-state index contributed by atoms with van der Waals surface area (Å²) in [6, 6.07) is 5.23. The van der Waals surface area contributed by atoms with E-state index < -0.39 is 0 Å². The summed E-state index contributed by atoms with van der Waals surface area (Å²) in [7, 11) is 3.57. The van der Waals surface area contributed by atoms with Gasteiger partial charge in [0.1, 0.15) is 0 Å². The highest BCUT2D eigenvalue weighted by Gasteiger charge is 2.10. The van der Waals surface area contributed by atoms with Gasteiger partial charge in [-0.25, -0.2) is 15.6 Å². The molecule has 0 spiro atoms. The number of carbonyl (C=O) groups excluding carboxylic acids is 1. The van der Waals surface area contributed by atoms with Gasteiger partial charge in [0.2, 0.25) is 0 Å². The number of hydrogen-bond acceptors (Lipinski definition) is 3. The van der Waals surface area contributed by atoms with E-state index >= 15 is 0 Å². The second-order valence-electron chi connectivity index (χ2n) is 3.54. The molecule has 3 N–H and O–H groups in total. The lowest BCUT2D eigenvalue weighted by Gasteiger charge is -2.16. The second kappa shape index (κ2) is 3.82. The van der Waals surface area contributed by atoms with Crippen molar-refractivity contribution in [3.63, 3.8) is 0 Å². The van der Waals surface area contributed by atoms with E-state index in [1.54, 1.807) is 13.4 Å². The molecule has 6 heteroatoms. The summed E-state index contributed by atoms with van der Waals surface area (Å²) >= 11 is 0. The van der Waals surface area contributed by atoms with Gasteiger partial charge in [0.15, 0.2) is 0 Å². The Morgan fingerprint density at radius 3 is 3.00 bits per heavy atom. The number of hydrazine groups is 1. The van der Waals surface area contributed by atoms with Crippen molar-refractivity contribution in [3.05, 3.63) is 24.5 Å². The van der Waals surface area contributed by atoms with Gasteiger partial charge in [0.25, 0.3) is 0 Å². The van der Waals surface area contributed by atoms with Gasteiger partial charge in [0.05, 0.1) is 17.4 Å². The van der Waals surface area contributed by atoms with E-state index in [2.05, 4.69) is 10.4 Å². The maximum Gasteiger partial charge on any atom is 0.335 e. The predicted molar refractivity (Wildman–Crippen MR) is 61.8 cm³/mol. The maximum absolute atomic E-state index is 11.3. The quantitative estimate of drug-likeness (QED) is 0.419. The lowest BCUT2D eigenvalue weighted by atomic mass is 10.2. The van der Waals surface area contributed by atoms with Gasteiger partial charge in [-0.15, -0.1) is 0 Å². The Bertz CT molecular complexity index is 533. The number of amides is 2. The minimum atomic E-state index is -0.365. The molecular weight excluding hydrogens is 206 g/mol. The highest BCUT2D eigenvalue weighted by Crippen LogP contribution is 2.19. The van der Waals surface area contributed by atoms with Gasteiger partial charge < -0.3 is 4.57 Å². The molecule has 0 aliphatic carbocycles. The molecule has 0 saturated heterocycles. The molecule has 2 aromatic rings. The Hall–Kier alpha value is -2.08. The van der Waals surface area contributed by atoms with Crippen molar-refractivity contribution in [2.24, 2.45) is 12.9 Å². The van der Waals surface area contributed by atoms with Crippen LogP contribution in [-0.4, -0.2) is 22.6 Å². The van der Waals surface area contributed by atoms with Crippen molar-refractivity contribution in [2.75, 3.05) is 11.9 Å². The number of anilines is 1. The molecule has 0 saturated carbocycles. The molecule has 0 aliphatic rings. The summed E-state index contributed by atoms with van der Waals surface area (Å²) in [6.07, 6.45) is 1.73. The number of benzene rings is 1. The van der Waals surface area contributed by atoms with Crippen LogP contribution in [0.2, 0.25) is 0 Å². The number of rotatable bonds is 1. The summed E-state index contributed by atoms with van der Waals surface area (Å²) in [5, 5.41) is 0. The fraction of sp³-hybridized carbons (Fsp3) is 0.200. The SMILES string of the molecule is CN(C(=O)NN)c1ccc2c(c1)ncn2C. The first-order valence-corrected chi connectivity index (χ1v) is 4.79. The Kier molecular flexibility index (Phi) is 2.49. The molecule has 84 valence electrons. The van der Waals surface area contributed by atoms with Crippen molar-refractivity contribution < 1.29 is 4.79 Å². The molecule has 0 unspecified atom stereocenters. The molecule has 1 aromatic heterocycles. The molecule has 1 aromatic carbocycles. The lowest BCUT2D eigenvalue weighted by Crippen LogP contribution is -2.41. The molecule has 0 fully saturated rings. The number of hydrogen-bond donors (Lipinski definition) is 2. The van der Waals surface area contributed by atoms with E-state index in [4.69, 9.17) is 5.84 Å². The zero-order chi connectivity index (χ0) is 11.7. The molecule has 0 bridgehead atoms. The third-order valence-corrected chi connectivity index (χ3v) is 2.52. The number of nitrogens with zero attached hydrogens (tertiary/aromatic N) is 3. The van der Waals surface area contributed by atoms with Gasteiger partial charge in [-0.1, -0.05) is 0 Å². The van der Waals surface area contributed by atoms with Crippen LogP contribution < -0.4 is 16.2 Å². The molecule has 6 nitrogen and oxygen atoms in total. The molecule has 2 amide bonds. The maximum atomic E-state index is 11.3. The van der Waals surface area contributed by atoms with E-state index in [1.807, 2.05) is 29.8 Å². The summed E-state index contributed by atoms with van der Waals surface area (Å²) in [5.41, 5.74) is 4.69. The van der Waals surface area contributed by atoms with Crippen LogP contribution in [0, 0.1) is 0 Å². The Morgan fingerprint density at radius 1 is 1.56 bits per heavy atom. The predicted octanol–water partition coefficient (Wildman–Crippen LogP) is 0.593. The number of nitrogens with two attached hydrogens (primary N) is 1. The molecule has 1 heterocycles. The van der Waals surface area contributed by atoms with Gasteiger partial charge in [-0.05, 0) is 18.2 Å². The molecule has 0 radical (unpaired) electrons. The normalized spacial score (nSPS) is 10.4. The van der Waals surface area contributed by atoms with Crippen LogP contribution in [0.25, 0.3) is 11.0 Å². The monoisotopic (exact) mass is 219 g/mol. The average Bonchev–Trinajstić information content (AvgIpc) is 2.68. The second-order valence-corrected chi connectivity index (χ2v) is 3.54. The Morgan fingerprint density at radius 2 is 2.31 bits per heavy atom. The van der Waals surface area contributed by atoms with Gasteiger partial charge in [-0.2, -0.15) is 0 Å². The van der Waals surface area contributed by atoms with Crippen LogP contribution in [0.4, 0.5) is 10.5 Å². The summed E-state index contributed by atoms with van der Waals surface area (Å²) in [5.74, 6) is 5.07. The molecule has 2 rings (SSSR count). The number of urea groups is 1. The van der Waals surface area contributed by atoms with E-state index in [9.17, 15) is 4.79 Å². The fourth-order valence-corrected chi connectivity index (χ4v) is 1.55. The molecule has 16 heavy (non-hydrogen) atoms. The topological polar surface area (TPSA) is 76.2 Å². The van der Waals surface area contributed by atoms with Crippen molar-refractivity contribution in [1.82, 2.24) is 15.0 Å². The largest absolute Gasteiger partial charge is 0.335 e. The van der Waals surface area contributed by atoms with Crippen LogP contribution in [0.3, 0.4) is 0 Å². The number of imidazole rings is 1. The van der Waals surface area contributed by atoms with Crippen molar-refractivity contribution in [2.45, 2.75) is 0 Å². The van der Waals surface area contributed by atoms with E-state index in [-0.39, 0.29) is 6.03 Å². The van der Waals surface area contributed by atoms with Gasteiger partial charge >= 0.3 is 6.03 Å². The van der Waals surface area contributed by atoms with Crippen LogP contribution in [0.1, 0.15) is 0 Å². The van der Waals surface area contributed by atoms with Gasteiger partial charge in [-0.3, -0.25) is 10.3 Å². The van der Waals surface area contributed by atoms with Crippen LogP contribution in [-0.2, 0) is 7.05 Å². The average molecular weight is 219 g/mol. The zero-order valence-electron chi connectivity index (χ0n) is 9.14. The number of fused-ring (bicyclic) bond motifs is 1. The van der Waals surface area contributed by atoms with Crippen molar-refractivity contribution in [3.8, 4) is 0 Å². The zero-order valence-corrected chi connectivity index (χ0v) is 9.14. The number of carbonyl (C=O) groups is 1. The van der Waals surface area contributed by atoms with Crippen molar-refractivity contribution in [1.29, 1.82) is 0 Å². The first-order valence-electron chi connectivity index (χ1n) is 4.79. The first-order chi connectivity index (χ1) is 7.63. The lowest BCUT2D eigenvalue weighted by molar-refractivity contribution is 0.248. The minimum absolute atomic E-state index is 0.365. The smallest absolute Gasteiger partial charge is 0.334 e. The Labute approximate surface area is 92.6 Å². The third-order valence-electron chi connectivity index (χ3n) is 2.52. The van der Waals surface area contributed by atoms with E-state index in [0.29, 0.717) is 0 Å². The Balaban J connectivity index is 2.43. The molecule has 0 aliphatic heterocycles. The minimum Gasteiger partial charge on any atom is -0.334 e. The fourth-order valence-electron chi connectivity index (χ4n) is 1.55. The van der Waals surface area contributed by atoms with E-state index in [0.717, 1.165) is 16.7 Å². The molecule has 0 atom stereocenters. The number of nitrogens with one attached hydrogen (secondary N) is 1. The van der Waals surface area contributed by atoms with Crippen LogP contribution in [0.5, 0.6) is 0 Å². The van der Waals surface area contributed by atoms with Crippen molar-refractivity contribution >= 4 is 22.8 Å². The first kappa shape index (κ1) is 10.4. The number of aryl methyl sites for hydroxylation is 1.